The Hall–Kier alpha value is -0.840. The number of carbonyl (C=O) groups excluding carboxylic acids is 1. The molecule has 0 bridgehead atoms. The van der Waals surface area contributed by atoms with Crippen LogP contribution < -0.4 is 11.1 Å². The number of nitrogens with two attached hydrogens (primary N) is 1. The van der Waals surface area contributed by atoms with Crippen LogP contribution in [0.5, 0.6) is 0 Å². The third-order valence-corrected chi connectivity index (χ3v) is 2.66. The summed E-state index contributed by atoms with van der Waals surface area (Å²) in [7, 11) is 0. The van der Waals surface area contributed by atoms with Crippen LogP contribution in [0.4, 0.5) is 0 Å². The number of hydrogen-bond acceptors (Lipinski definition) is 3. The third kappa shape index (κ3) is 5.21. The average molecular weight is 294 g/mol. The molecule has 0 aliphatic rings. The van der Waals surface area contributed by atoms with Crippen molar-refractivity contribution in [1.29, 1.82) is 0 Å². The molecule has 0 unspecified atom stereocenters. The monoisotopic (exact) mass is 293 g/mol. The fourth-order valence-electron chi connectivity index (χ4n) is 1.20. The van der Waals surface area contributed by atoms with E-state index < -0.39 is 5.41 Å². The molecule has 1 aromatic heterocycles. The van der Waals surface area contributed by atoms with Crippen molar-refractivity contribution in [2.75, 3.05) is 6.54 Å². The highest BCUT2D eigenvalue weighted by molar-refractivity contribution is 5.85. The van der Waals surface area contributed by atoms with Crippen molar-refractivity contribution in [3.63, 3.8) is 0 Å². The van der Waals surface area contributed by atoms with Crippen molar-refractivity contribution >= 4 is 30.7 Å². The van der Waals surface area contributed by atoms with E-state index in [2.05, 4.69) is 10.3 Å². The number of halogens is 2. The van der Waals surface area contributed by atoms with Gasteiger partial charge in [-0.05, 0) is 32.4 Å². The molecule has 0 radical (unpaired) electrons. The molecular weight excluding hydrogens is 273 g/mol. The Morgan fingerprint density at radius 3 is 2.56 bits per heavy atom. The van der Waals surface area contributed by atoms with Gasteiger partial charge in [0.1, 0.15) is 0 Å². The summed E-state index contributed by atoms with van der Waals surface area (Å²) in [6.45, 7) is 6.42. The molecule has 0 fully saturated rings. The van der Waals surface area contributed by atoms with Crippen LogP contribution in [0.25, 0.3) is 0 Å². The predicted octanol–water partition coefficient (Wildman–Crippen LogP) is 1.83. The fraction of sp³-hybridized carbons (Fsp3) is 0.500. The van der Waals surface area contributed by atoms with E-state index >= 15 is 0 Å². The first-order valence-corrected chi connectivity index (χ1v) is 5.36. The number of pyridine rings is 1. The molecule has 0 aromatic carbocycles. The number of hydrogen-bond donors (Lipinski definition) is 2. The zero-order valence-electron chi connectivity index (χ0n) is 10.9. The van der Waals surface area contributed by atoms with Gasteiger partial charge in [0, 0.05) is 12.7 Å². The summed E-state index contributed by atoms with van der Waals surface area (Å²) in [6, 6.07) is 3.85. The summed E-state index contributed by atoms with van der Waals surface area (Å²) < 4.78 is 0. The Labute approximate surface area is 121 Å². The molecule has 6 heteroatoms. The van der Waals surface area contributed by atoms with E-state index in [1.54, 1.807) is 6.20 Å². The van der Waals surface area contributed by atoms with Gasteiger partial charge in [-0.15, -0.1) is 24.8 Å². The van der Waals surface area contributed by atoms with E-state index in [4.69, 9.17) is 5.73 Å². The lowest BCUT2D eigenvalue weighted by Gasteiger charge is -2.21. The van der Waals surface area contributed by atoms with Crippen LogP contribution in [-0.4, -0.2) is 17.4 Å². The van der Waals surface area contributed by atoms with Gasteiger partial charge in [0.15, 0.2) is 0 Å². The van der Waals surface area contributed by atoms with Crippen molar-refractivity contribution in [1.82, 2.24) is 10.3 Å². The van der Waals surface area contributed by atoms with E-state index in [9.17, 15) is 4.79 Å². The minimum atomic E-state index is -0.525. The second-order valence-corrected chi connectivity index (χ2v) is 4.54. The molecule has 0 atom stereocenters. The fourth-order valence-corrected chi connectivity index (χ4v) is 1.20. The highest BCUT2D eigenvalue weighted by Crippen LogP contribution is 2.12. The third-order valence-electron chi connectivity index (χ3n) is 2.66. The SMILES string of the molecule is Cc1cccnc1CNC(=O)C(C)(C)CN.Cl.Cl. The smallest absolute Gasteiger partial charge is 0.227 e. The van der Waals surface area contributed by atoms with Crippen LogP contribution in [0, 0.1) is 12.3 Å². The zero-order valence-corrected chi connectivity index (χ0v) is 12.5. The zero-order chi connectivity index (χ0) is 12.2. The molecule has 18 heavy (non-hydrogen) atoms. The molecule has 1 heterocycles. The number of aryl methyl sites for hydroxylation is 1. The number of nitrogens with zero attached hydrogens (tertiary/aromatic N) is 1. The molecule has 0 saturated carbocycles. The summed E-state index contributed by atoms with van der Waals surface area (Å²) in [6.07, 6.45) is 1.72. The maximum Gasteiger partial charge on any atom is 0.227 e. The molecule has 0 saturated heterocycles. The topological polar surface area (TPSA) is 68.0 Å². The largest absolute Gasteiger partial charge is 0.350 e. The normalized spacial score (nSPS) is 10.0. The Balaban J connectivity index is 0. The number of carbonyl (C=O) groups is 1. The summed E-state index contributed by atoms with van der Waals surface area (Å²) in [5.41, 5.74) is 6.97. The van der Waals surface area contributed by atoms with E-state index in [1.165, 1.54) is 0 Å². The summed E-state index contributed by atoms with van der Waals surface area (Å²) in [5.74, 6) is -0.0416. The number of aromatic nitrogens is 1. The molecule has 0 spiro atoms. The standard InChI is InChI=1S/C12H19N3O.2ClH/c1-9-5-4-6-14-10(9)7-15-11(16)12(2,3)8-13;;/h4-6H,7-8,13H2,1-3H3,(H,15,16);2*1H. The summed E-state index contributed by atoms with van der Waals surface area (Å²) in [5, 5.41) is 2.85. The Bertz CT molecular complexity index is 383. The second kappa shape index (κ2) is 8.29. The van der Waals surface area contributed by atoms with Crippen LogP contribution in [0.2, 0.25) is 0 Å². The molecule has 0 aliphatic carbocycles. The highest BCUT2D eigenvalue weighted by Gasteiger charge is 2.25. The molecular formula is C12H21Cl2N3O. The quantitative estimate of drug-likeness (QED) is 0.890. The van der Waals surface area contributed by atoms with Crippen molar-refractivity contribution in [3.05, 3.63) is 29.6 Å². The van der Waals surface area contributed by atoms with Gasteiger partial charge in [-0.3, -0.25) is 9.78 Å². The van der Waals surface area contributed by atoms with Crippen LogP contribution in [0.3, 0.4) is 0 Å². The molecule has 1 aromatic rings. The van der Waals surface area contributed by atoms with Crippen LogP contribution in [0.15, 0.2) is 18.3 Å². The van der Waals surface area contributed by atoms with Gasteiger partial charge in [-0.1, -0.05) is 6.07 Å². The second-order valence-electron chi connectivity index (χ2n) is 4.54. The number of rotatable bonds is 4. The van der Waals surface area contributed by atoms with E-state index in [1.807, 2.05) is 32.9 Å². The summed E-state index contributed by atoms with van der Waals surface area (Å²) in [4.78, 5) is 16.0. The number of amides is 1. The average Bonchev–Trinajstić information content (AvgIpc) is 2.27. The van der Waals surface area contributed by atoms with Crippen molar-refractivity contribution < 1.29 is 4.79 Å². The molecule has 4 nitrogen and oxygen atoms in total. The summed E-state index contributed by atoms with van der Waals surface area (Å²) >= 11 is 0. The lowest BCUT2D eigenvalue weighted by molar-refractivity contribution is -0.129. The van der Waals surface area contributed by atoms with E-state index in [0.717, 1.165) is 11.3 Å². The maximum atomic E-state index is 11.8. The maximum absolute atomic E-state index is 11.8. The minimum Gasteiger partial charge on any atom is -0.350 e. The van der Waals surface area contributed by atoms with Gasteiger partial charge in [-0.25, -0.2) is 0 Å². The van der Waals surface area contributed by atoms with Crippen molar-refractivity contribution in [3.8, 4) is 0 Å². The molecule has 1 rings (SSSR count). The van der Waals surface area contributed by atoms with Gasteiger partial charge in [-0.2, -0.15) is 0 Å². The Morgan fingerprint density at radius 2 is 2.06 bits per heavy atom. The molecule has 3 N–H and O–H groups in total. The lowest BCUT2D eigenvalue weighted by Crippen LogP contribution is -2.41. The van der Waals surface area contributed by atoms with Gasteiger partial charge in [0.25, 0.3) is 0 Å². The Morgan fingerprint density at radius 1 is 1.44 bits per heavy atom. The van der Waals surface area contributed by atoms with Crippen molar-refractivity contribution in [2.45, 2.75) is 27.3 Å². The van der Waals surface area contributed by atoms with Crippen LogP contribution in [0.1, 0.15) is 25.1 Å². The first-order chi connectivity index (χ1) is 7.47. The Kier molecular flexibility index (Phi) is 8.99. The first kappa shape index (κ1) is 19.5. The minimum absolute atomic E-state index is 0. The lowest BCUT2D eigenvalue weighted by atomic mass is 9.93. The van der Waals surface area contributed by atoms with Gasteiger partial charge in [0.2, 0.25) is 5.91 Å². The highest BCUT2D eigenvalue weighted by atomic mass is 35.5. The number of nitrogens with one attached hydrogen (secondary N) is 1. The van der Waals surface area contributed by atoms with Gasteiger partial charge in [0.05, 0.1) is 17.7 Å². The van der Waals surface area contributed by atoms with Gasteiger partial charge >= 0.3 is 0 Å². The van der Waals surface area contributed by atoms with E-state index in [-0.39, 0.29) is 30.7 Å². The van der Waals surface area contributed by atoms with Crippen LogP contribution in [-0.2, 0) is 11.3 Å². The van der Waals surface area contributed by atoms with E-state index in [0.29, 0.717) is 13.1 Å². The van der Waals surface area contributed by atoms with Crippen molar-refractivity contribution in [2.24, 2.45) is 11.1 Å². The first-order valence-electron chi connectivity index (χ1n) is 5.36. The van der Waals surface area contributed by atoms with Gasteiger partial charge < -0.3 is 11.1 Å². The molecule has 104 valence electrons. The molecule has 1 amide bonds. The van der Waals surface area contributed by atoms with Crippen LogP contribution >= 0.6 is 24.8 Å². The predicted molar refractivity (Wildman–Crippen MR) is 78.2 cm³/mol. The molecule has 0 aliphatic heterocycles.